The van der Waals surface area contributed by atoms with Crippen LogP contribution in [0.4, 0.5) is 0 Å². The minimum atomic E-state index is 0.0898. The minimum Gasteiger partial charge on any atom is -0.396 e. The quantitative estimate of drug-likeness (QED) is 0.768. The van der Waals surface area contributed by atoms with Gasteiger partial charge in [-0.05, 0) is 44.4 Å². The average molecular weight is 347 g/mol. The van der Waals surface area contributed by atoms with E-state index in [1.807, 2.05) is 18.2 Å². The summed E-state index contributed by atoms with van der Waals surface area (Å²) in [5.41, 5.74) is 1.03. The number of thiazole rings is 1. The van der Waals surface area contributed by atoms with Crippen LogP contribution >= 0.6 is 11.3 Å². The second-order valence-electron chi connectivity index (χ2n) is 6.31. The highest BCUT2D eigenvalue weighted by Gasteiger charge is 2.25. The van der Waals surface area contributed by atoms with Crippen molar-refractivity contribution in [2.45, 2.75) is 38.1 Å². The van der Waals surface area contributed by atoms with Crippen LogP contribution in [-0.4, -0.2) is 53.2 Å². The zero-order chi connectivity index (χ0) is 16.8. The van der Waals surface area contributed by atoms with E-state index in [-0.39, 0.29) is 12.5 Å². The van der Waals surface area contributed by atoms with E-state index in [0.29, 0.717) is 19.1 Å². The third-order valence-electron chi connectivity index (χ3n) is 4.54. The third kappa shape index (κ3) is 4.53. The molecule has 1 atom stereocenters. The van der Waals surface area contributed by atoms with Gasteiger partial charge in [0.2, 0.25) is 5.91 Å². The van der Waals surface area contributed by atoms with Crippen LogP contribution in [0.15, 0.2) is 24.3 Å². The molecule has 1 aliphatic heterocycles. The average Bonchev–Trinajstić information content (AvgIpc) is 3.19. The summed E-state index contributed by atoms with van der Waals surface area (Å²) in [7, 11) is 0. The molecule has 1 aromatic heterocycles. The van der Waals surface area contributed by atoms with Crippen LogP contribution < -0.4 is 5.32 Å². The van der Waals surface area contributed by atoms with Crippen LogP contribution in [0.1, 0.15) is 30.7 Å². The van der Waals surface area contributed by atoms with Crippen molar-refractivity contribution < 1.29 is 9.90 Å². The van der Waals surface area contributed by atoms with Gasteiger partial charge in [0.15, 0.2) is 0 Å². The van der Waals surface area contributed by atoms with Crippen LogP contribution in [0, 0.1) is 0 Å². The molecule has 0 spiro atoms. The zero-order valence-corrected chi connectivity index (χ0v) is 14.7. The molecule has 5 nitrogen and oxygen atoms in total. The number of aliphatic hydroxyl groups excluding tert-OH is 1. The number of aromatic nitrogens is 1. The van der Waals surface area contributed by atoms with E-state index in [4.69, 9.17) is 5.11 Å². The molecular formula is C18H25N3O2S. The second kappa shape index (κ2) is 8.55. The van der Waals surface area contributed by atoms with Gasteiger partial charge in [-0.25, -0.2) is 4.98 Å². The molecule has 1 amide bonds. The van der Waals surface area contributed by atoms with Gasteiger partial charge in [-0.3, -0.25) is 9.69 Å². The highest BCUT2D eigenvalue weighted by Crippen LogP contribution is 2.22. The molecule has 1 aliphatic rings. The van der Waals surface area contributed by atoms with Crippen LogP contribution in [-0.2, 0) is 11.2 Å². The number of nitrogens with one attached hydrogen (secondary N) is 1. The Kier molecular flexibility index (Phi) is 6.18. The SMILES string of the molecule is O=C(CN1CCCC1CCCO)NCCc1nc2ccccc2s1. The second-order valence-corrected chi connectivity index (χ2v) is 7.42. The summed E-state index contributed by atoms with van der Waals surface area (Å²) in [6.45, 7) is 2.32. The van der Waals surface area contributed by atoms with Crippen molar-refractivity contribution in [3.05, 3.63) is 29.3 Å². The lowest BCUT2D eigenvalue weighted by Gasteiger charge is -2.23. The minimum absolute atomic E-state index is 0.0898. The van der Waals surface area contributed by atoms with Crippen molar-refractivity contribution in [3.63, 3.8) is 0 Å². The summed E-state index contributed by atoms with van der Waals surface area (Å²) in [5.74, 6) is 0.0898. The number of carbonyl (C=O) groups is 1. The number of hydrogen-bond acceptors (Lipinski definition) is 5. The summed E-state index contributed by atoms with van der Waals surface area (Å²) in [6.07, 6.45) is 4.86. The Balaban J connectivity index is 1.42. The lowest BCUT2D eigenvalue weighted by Crippen LogP contribution is -2.40. The van der Waals surface area contributed by atoms with E-state index in [1.165, 1.54) is 4.70 Å². The first-order valence-corrected chi connectivity index (χ1v) is 9.54. The third-order valence-corrected chi connectivity index (χ3v) is 5.64. The van der Waals surface area contributed by atoms with Gasteiger partial charge in [-0.1, -0.05) is 12.1 Å². The van der Waals surface area contributed by atoms with E-state index < -0.39 is 0 Å². The molecule has 130 valence electrons. The maximum atomic E-state index is 12.2. The Bertz CT molecular complexity index is 640. The molecule has 0 radical (unpaired) electrons. The number of benzene rings is 1. The van der Waals surface area contributed by atoms with Crippen LogP contribution in [0.2, 0.25) is 0 Å². The largest absolute Gasteiger partial charge is 0.396 e. The Hall–Kier alpha value is -1.50. The van der Waals surface area contributed by atoms with Crippen molar-refractivity contribution in [2.75, 3.05) is 26.2 Å². The highest BCUT2D eigenvalue weighted by atomic mass is 32.1. The van der Waals surface area contributed by atoms with Gasteiger partial charge in [-0.2, -0.15) is 0 Å². The molecule has 0 bridgehead atoms. The maximum Gasteiger partial charge on any atom is 0.234 e. The smallest absolute Gasteiger partial charge is 0.234 e. The number of hydrogen-bond donors (Lipinski definition) is 2. The van der Waals surface area contributed by atoms with E-state index in [9.17, 15) is 4.79 Å². The topological polar surface area (TPSA) is 65.5 Å². The van der Waals surface area contributed by atoms with Crippen LogP contribution in [0.25, 0.3) is 10.2 Å². The summed E-state index contributed by atoms with van der Waals surface area (Å²) < 4.78 is 1.20. The highest BCUT2D eigenvalue weighted by molar-refractivity contribution is 7.18. The lowest BCUT2D eigenvalue weighted by atomic mass is 10.1. The van der Waals surface area contributed by atoms with E-state index in [2.05, 4.69) is 21.3 Å². The van der Waals surface area contributed by atoms with Gasteiger partial charge < -0.3 is 10.4 Å². The first-order valence-electron chi connectivity index (χ1n) is 8.72. The molecule has 2 heterocycles. The number of aliphatic hydroxyl groups is 1. The molecule has 2 aromatic rings. The Labute approximate surface area is 146 Å². The fourth-order valence-electron chi connectivity index (χ4n) is 3.33. The van der Waals surface area contributed by atoms with Crippen molar-refractivity contribution >= 4 is 27.5 Å². The van der Waals surface area contributed by atoms with Crippen molar-refractivity contribution in [1.29, 1.82) is 0 Å². The maximum absolute atomic E-state index is 12.2. The first kappa shape index (κ1) is 17.3. The molecule has 0 aliphatic carbocycles. The standard InChI is InChI=1S/C18H25N3O2S/c22-12-4-6-14-5-3-11-21(14)13-17(23)19-10-9-18-20-15-7-1-2-8-16(15)24-18/h1-2,7-8,14,22H,3-6,9-13H2,(H,19,23). The molecule has 0 saturated carbocycles. The fraction of sp³-hybridized carbons (Fsp3) is 0.556. The number of nitrogens with zero attached hydrogens (tertiary/aromatic N) is 2. The molecular weight excluding hydrogens is 322 g/mol. The molecule has 6 heteroatoms. The van der Waals surface area contributed by atoms with Gasteiger partial charge in [-0.15, -0.1) is 11.3 Å². The normalized spacial score (nSPS) is 18.3. The number of para-hydroxylation sites is 1. The van der Waals surface area contributed by atoms with E-state index in [0.717, 1.165) is 49.2 Å². The number of likely N-dealkylation sites (tertiary alicyclic amines) is 1. The Morgan fingerprint density at radius 1 is 1.42 bits per heavy atom. The van der Waals surface area contributed by atoms with Crippen molar-refractivity contribution in [3.8, 4) is 0 Å². The summed E-state index contributed by atoms with van der Waals surface area (Å²) in [4.78, 5) is 19.0. The Morgan fingerprint density at radius 2 is 2.29 bits per heavy atom. The summed E-state index contributed by atoms with van der Waals surface area (Å²) in [6, 6.07) is 8.57. The number of fused-ring (bicyclic) bond motifs is 1. The fourth-order valence-corrected chi connectivity index (χ4v) is 4.30. The predicted molar refractivity (Wildman–Crippen MR) is 97.2 cm³/mol. The molecule has 1 aromatic carbocycles. The lowest BCUT2D eigenvalue weighted by molar-refractivity contribution is -0.122. The number of rotatable bonds is 8. The molecule has 1 saturated heterocycles. The van der Waals surface area contributed by atoms with Gasteiger partial charge in [0.05, 0.1) is 21.8 Å². The summed E-state index contributed by atoms with van der Waals surface area (Å²) >= 11 is 1.69. The van der Waals surface area contributed by atoms with Gasteiger partial charge in [0.1, 0.15) is 0 Å². The molecule has 3 rings (SSSR count). The molecule has 2 N–H and O–H groups in total. The predicted octanol–water partition coefficient (Wildman–Crippen LogP) is 2.19. The molecule has 24 heavy (non-hydrogen) atoms. The van der Waals surface area contributed by atoms with Gasteiger partial charge >= 0.3 is 0 Å². The van der Waals surface area contributed by atoms with Crippen molar-refractivity contribution in [2.24, 2.45) is 0 Å². The van der Waals surface area contributed by atoms with Gasteiger partial charge in [0.25, 0.3) is 0 Å². The number of carbonyl (C=O) groups excluding carboxylic acids is 1. The van der Waals surface area contributed by atoms with Crippen LogP contribution in [0.3, 0.4) is 0 Å². The molecule has 1 unspecified atom stereocenters. The van der Waals surface area contributed by atoms with Crippen molar-refractivity contribution in [1.82, 2.24) is 15.2 Å². The zero-order valence-electron chi connectivity index (χ0n) is 13.9. The van der Waals surface area contributed by atoms with E-state index >= 15 is 0 Å². The summed E-state index contributed by atoms with van der Waals surface area (Å²) in [5, 5.41) is 13.1. The van der Waals surface area contributed by atoms with E-state index in [1.54, 1.807) is 11.3 Å². The molecule has 1 fully saturated rings. The number of amides is 1. The van der Waals surface area contributed by atoms with Gasteiger partial charge in [0, 0.05) is 25.6 Å². The monoisotopic (exact) mass is 347 g/mol. The first-order chi connectivity index (χ1) is 11.8. The van der Waals surface area contributed by atoms with Crippen LogP contribution in [0.5, 0.6) is 0 Å². The Morgan fingerprint density at radius 3 is 3.12 bits per heavy atom.